The lowest BCUT2D eigenvalue weighted by atomic mass is 10.1. The first-order valence-electron chi connectivity index (χ1n) is 6.21. The van der Waals surface area contributed by atoms with Crippen LogP contribution in [0.2, 0.25) is 0 Å². The molecular formula is C14H18ClN3O2. The molecule has 1 unspecified atom stereocenters. The van der Waals surface area contributed by atoms with Gasteiger partial charge < -0.3 is 9.84 Å². The lowest BCUT2D eigenvalue weighted by molar-refractivity contribution is 0.101. The molecule has 0 spiro atoms. The van der Waals surface area contributed by atoms with E-state index >= 15 is 0 Å². The van der Waals surface area contributed by atoms with Gasteiger partial charge in [0.25, 0.3) is 5.89 Å². The van der Waals surface area contributed by atoms with Gasteiger partial charge >= 0.3 is 0 Å². The van der Waals surface area contributed by atoms with E-state index in [1.807, 2.05) is 19.2 Å². The van der Waals surface area contributed by atoms with Crippen LogP contribution in [0.3, 0.4) is 0 Å². The second kappa shape index (κ2) is 7.17. The molecule has 20 heavy (non-hydrogen) atoms. The third-order valence-corrected chi connectivity index (χ3v) is 2.99. The van der Waals surface area contributed by atoms with E-state index in [1.165, 1.54) is 0 Å². The number of nitrogens with one attached hydrogen (secondary N) is 1. The van der Waals surface area contributed by atoms with Crippen molar-refractivity contribution >= 4 is 18.2 Å². The van der Waals surface area contributed by atoms with Crippen LogP contribution in [-0.4, -0.2) is 29.0 Å². The fraction of sp³-hybridized carbons (Fsp3) is 0.357. The molecule has 0 saturated carbocycles. The Kier molecular flexibility index (Phi) is 5.85. The monoisotopic (exact) mass is 295 g/mol. The van der Waals surface area contributed by atoms with Gasteiger partial charge in [-0.1, -0.05) is 17.3 Å². The van der Waals surface area contributed by atoms with E-state index < -0.39 is 0 Å². The number of halogens is 1. The number of carbonyl (C=O) groups excluding carboxylic acids is 1. The summed E-state index contributed by atoms with van der Waals surface area (Å²) in [5, 5.41) is 7.07. The summed E-state index contributed by atoms with van der Waals surface area (Å²) >= 11 is 0. The fourth-order valence-corrected chi connectivity index (χ4v) is 1.68. The van der Waals surface area contributed by atoms with E-state index in [9.17, 15) is 4.79 Å². The summed E-state index contributed by atoms with van der Waals surface area (Å²) in [6.07, 6.45) is 0.714. The quantitative estimate of drug-likeness (QED) is 0.859. The normalized spacial score (nSPS) is 11.8. The number of likely N-dealkylation sites (N-methyl/N-ethyl adjacent to an activating group) is 1. The second-order valence-electron chi connectivity index (χ2n) is 4.54. The molecule has 0 fully saturated rings. The molecule has 108 valence electrons. The van der Waals surface area contributed by atoms with Crippen LogP contribution in [0.1, 0.15) is 30.0 Å². The van der Waals surface area contributed by atoms with Gasteiger partial charge in [0.15, 0.2) is 11.6 Å². The molecule has 1 N–H and O–H groups in total. The number of aromatic nitrogens is 2. The predicted molar refractivity (Wildman–Crippen MR) is 79.2 cm³/mol. The summed E-state index contributed by atoms with van der Waals surface area (Å²) < 4.78 is 5.22. The topological polar surface area (TPSA) is 68.0 Å². The van der Waals surface area contributed by atoms with Gasteiger partial charge in [-0.05, 0) is 33.0 Å². The highest BCUT2D eigenvalue weighted by atomic mass is 35.5. The SMILES string of the molecule is CNC(C)Cc1noc(-c2ccc(C(C)=O)cc2)n1.Cl. The standard InChI is InChI=1S/C14H17N3O2.ClH/c1-9(15-3)8-13-16-14(19-17-13)12-6-4-11(5-7-12)10(2)18;/h4-7,9,15H,8H2,1-3H3;1H. The molecule has 6 heteroatoms. The molecular weight excluding hydrogens is 278 g/mol. The first-order chi connectivity index (χ1) is 9.10. The molecule has 0 amide bonds. The molecule has 0 aliphatic heterocycles. The van der Waals surface area contributed by atoms with Gasteiger partial charge in [-0.2, -0.15) is 4.98 Å². The van der Waals surface area contributed by atoms with E-state index in [2.05, 4.69) is 22.4 Å². The summed E-state index contributed by atoms with van der Waals surface area (Å²) in [6, 6.07) is 7.45. The summed E-state index contributed by atoms with van der Waals surface area (Å²) in [5.74, 6) is 1.20. The van der Waals surface area contributed by atoms with Crippen molar-refractivity contribution in [3.05, 3.63) is 35.7 Å². The van der Waals surface area contributed by atoms with E-state index in [0.29, 0.717) is 29.7 Å². The van der Waals surface area contributed by atoms with Gasteiger partial charge in [-0.15, -0.1) is 12.4 Å². The Bertz CT molecular complexity index is 566. The lowest BCUT2D eigenvalue weighted by Crippen LogP contribution is -2.24. The van der Waals surface area contributed by atoms with Crippen molar-refractivity contribution in [2.24, 2.45) is 0 Å². The first-order valence-corrected chi connectivity index (χ1v) is 6.21. The lowest BCUT2D eigenvalue weighted by Gasteiger charge is -2.04. The largest absolute Gasteiger partial charge is 0.334 e. The van der Waals surface area contributed by atoms with Gasteiger partial charge in [0.05, 0.1) is 0 Å². The van der Waals surface area contributed by atoms with Gasteiger partial charge in [0, 0.05) is 23.6 Å². The van der Waals surface area contributed by atoms with E-state index in [1.54, 1.807) is 19.1 Å². The average molecular weight is 296 g/mol. The zero-order chi connectivity index (χ0) is 13.8. The van der Waals surface area contributed by atoms with Crippen LogP contribution in [0.4, 0.5) is 0 Å². The Morgan fingerprint density at radius 1 is 1.35 bits per heavy atom. The van der Waals surface area contributed by atoms with Crippen LogP contribution in [0.15, 0.2) is 28.8 Å². The average Bonchev–Trinajstić information content (AvgIpc) is 2.87. The Labute approximate surface area is 124 Å². The molecule has 2 rings (SSSR count). The molecule has 1 atom stereocenters. The number of rotatable bonds is 5. The fourth-order valence-electron chi connectivity index (χ4n) is 1.68. The van der Waals surface area contributed by atoms with Crippen LogP contribution in [0.25, 0.3) is 11.5 Å². The number of carbonyl (C=O) groups is 1. The highest BCUT2D eigenvalue weighted by Crippen LogP contribution is 2.18. The van der Waals surface area contributed by atoms with Crippen molar-refractivity contribution < 1.29 is 9.32 Å². The summed E-state index contributed by atoms with van der Waals surface area (Å²) in [4.78, 5) is 15.5. The molecule has 0 saturated heterocycles. The Balaban J connectivity index is 0.00000200. The van der Waals surface area contributed by atoms with Crippen molar-refractivity contribution in [1.82, 2.24) is 15.5 Å². The number of Topliss-reactive ketones (excluding diaryl/α,β-unsaturated/α-hetero) is 1. The number of hydrogen-bond donors (Lipinski definition) is 1. The minimum Gasteiger partial charge on any atom is -0.334 e. The maximum Gasteiger partial charge on any atom is 0.257 e. The highest BCUT2D eigenvalue weighted by molar-refractivity contribution is 5.94. The molecule has 5 nitrogen and oxygen atoms in total. The van der Waals surface area contributed by atoms with Crippen molar-refractivity contribution in [3.8, 4) is 11.5 Å². The Morgan fingerprint density at radius 2 is 2.00 bits per heavy atom. The van der Waals surface area contributed by atoms with Crippen molar-refractivity contribution in [1.29, 1.82) is 0 Å². The highest BCUT2D eigenvalue weighted by Gasteiger charge is 2.11. The smallest absolute Gasteiger partial charge is 0.257 e. The van der Waals surface area contributed by atoms with E-state index in [4.69, 9.17) is 4.52 Å². The number of benzene rings is 1. The van der Waals surface area contributed by atoms with Crippen LogP contribution >= 0.6 is 12.4 Å². The minimum absolute atomic E-state index is 0. The molecule has 0 radical (unpaired) electrons. The molecule has 0 aliphatic rings. The molecule has 1 aromatic heterocycles. The second-order valence-corrected chi connectivity index (χ2v) is 4.54. The zero-order valence-corrected chi connectivity index (χ0v) is 12.5. The van der Waals surface area contributed by atoms with Crippen molar-refractivity contribution in [2.45, 2.75) is 26.3 Å². The van der Waals surface area contributed by atoms with Gasteiger partial charge in [0.1, 0.15) is 0 Å². The van der Waals surface area contributed by atoms with Gasteiger partial charge in [0.2, 0.25) is 0 Å². The molecule has 0 aliphatic carbocycles. The minimum atomic E-state index is 0. The van der Waals surface area contributed by atoms with Crippen molar-refractivity contribution in [2.75, 3.05) is 7.05 Å². The summed E-state index contributed by atoms with van der Waals surface area (Å²) in [7, 11) is 1.89. The Hall–Kier alpha value is -1.72. The summed E-state index contributed by atoms with van der Waals surface area (Å²) in [6.45, 7) is 3.59. The van der Waals surface area contributed by atoms with Crippen LogP contribution in [-0.2, 0) is 6.42 Å². The Morgan fingerprint density at radius 3 is 2.55 bits per heavy atom. The molecule has 0 bridgehead atoms. The molecule has 1 aromatic carbocycles. The molecule has 2 aromatic rings. The van der Waals surface area contributed by atoms with Gasteiger partial charge in [-0.3, -0.25) is 4.79 Å². The third-order valence-electron chi connectivity index (χ3n) is 2.99. The maximum atomic E-state index is 11.2. The van der Waals surface area contributed by atoms with E-state index in [0.717, 1.165) is 5.56 Å². The number of nitrogens with zero attached hydrogens (tertiary/aromatic N) is 2. The van der Waals surface area contributed by atoms with Crippen LogP contribution < -0.4 is 5.32 Å². The first kappa shape index (κ1) is 16.3. The maximum absolute atomic E-state index is 11.2. The number of ketones is 1. The summed E-state index contributed by atoms with van der Waals surface area (Å²) in [5.41, 5.74) is 1.49. The predicted octanol–water partition coefficient (Wildman–Crippen LogP) is 2.51. The van der Waals surface area contributed by atoms with E-state index in [-0.39, 0.29) is 18.2 Å². The van der Waals surface area contributed by atoms with Crippen molar-refractivity contribution in [3.63, 3.8) is 0 Å². The van der Waals surface area contributed by atoms with Crippen LogP contribution in [0, 0.1) is 0 Å². The molecule has 1 heterocycles. The zero-order valence-electron chi connectivity index (χ0n) is 11.7. The number of hydrogen-bond acceptors (Lipinski definition) is 5. The van der Waals surface area contributed by atoms with Crippen LogP contribution in [0.5, 0.6) is 0 Å². The third kappa shape index (κ3) is 3.88. The van der Waals surface area contributed by atoms with Gasteiger partial charge in [-0.25, -0.2) is 0 Å².